The molecule has 0 amide bonds. The molecule has 0 aromatic carbocycles. The van der Waals surface area contributed by atoms with E-state index in [0.29, 0.717) is 0 Å². The van der Waals surface area contributed by atoms with Crippen molar-refractivity contribution in [1.82, 2.24) is 15.1 Å². The van der Waals surface area contributed by atoms with Gasteiger partial charge in [-0.1, -0.05) is 0 Å². The van der Waals surface area contributed by atoms with Gasteiger partial charge in [-0.15, -0.1) is 0 Å². The van der Waals surface area contributed by atoms with Crippen LogP contribution in [0.4, 0.5) is 0 Å². The maximum atomic E-state index is 3.54. The minimum absolute atomic E-state index is 0.791. The SMILES string of the molecule is CN(C1CCCNC1)C1CN2CCC1CC2. The summed E-state index contributed by atoms with van der Waals surface area (Å²) in [5.74, 6) is 0.983. The molecule has 4 aliphatic heterocycles. The molecule has 2 atom stereocenters. The van der Waals surface area contributed by atoms with Gasteiger partial charge in [0.15, 0.2) is 0 Å². The Morgan fingerprint density at radius 3 is 2.56 bits per heavy atom. The minimum atomic E-state index is 0.791. The molecule has 0 aromatic heterocycles. The molecular weight excluding hydrogens is 198 g/mol. The van der Waals surface area contributed by atoms with Crippen molar-refractivity contribution in [3.8, 4) is 0 Å². The number of likely N-dealkylation sites (N-methyl/N-ethyl adjacent to an activating group) is 1. The van der Waals surface area contributed by atoms with Crippen LogP contribution in [0.5, 0.6) is 0 Å². The van der Waals surface area contributed by atoms with Gasteiger partial charge in [-0.3, -0.25) is 4.90 Å². The Bertz CT molecular complexity index is 229. The van der Waals surface area contributed by atoms with E-state index in [1.165, 1.54) is 58.4 Å². The van der Waals surface area contributed by atoms with Gasteiger partial charge in [0.2, 0.25) is 0 Å². The van der Waals surface area contributed by atoms with Gasteiger partial charge in [-0.05, 0) is 58.3 Å². The van der Waals surface area contributed by atoms with Gasteiger partial charge in [0.05, 0.1) is 0 Å². The van der Waals surface area contributed by atoms with Gasteiger partial charge < -0.3 is 10.2 Å². The molecule has 3 nitrogen and oxygen atoms in total. The molecule has 0 spiro atoms. The van der Waals surface area contributed by atoms with Crippen LogP contribution in [0.2, 0.25) is 0 Å². The molecule has 2 bridgehead atoms. The topological polar surface area (TPSA) is 18.5 Å². The number of nitrogens with zero attached hydrogens (tertiary/aromatic N) is 2. The Morgan fingerprint density at radius 2 is 2.00 bits per heavy atom. The third-order valence-corrected chi connectivity index (χ3v) is 4.99. The highest BCUT2D eigenvalue weighted by Gasteiger charge is 2.38. The molecule has 92 valence electrons. The molecule has 0 aliphatic carbocycles. The summed E-state index contributed by atoms with van der Waals surface area (Å²) in [7, 11) is 2.37. The smallest absolute Gasteiger partial charge is 0.0252 e. The molecule has 2 unspecified atom stereocenters. The van der Waals surface area contributed by atoms with Gasteiger partial charge in [0.1, 0.15) is 0 Å². The van der Waals surface area contributed by atoms with Crippen LogP contribution >= 0.6 is 0 Å². The maximum Gasteiger partial charge on any atom is 0.0252 e. The average Bonchev–Trinajstić information content (AvgIpc) is 2.40. The lowest BCUT2D eigenvalue weighted by Gasteiger charge is -2.50. The van der Waals surface area contributed by atoms with Crippen LogP contribution in [0.1, 0.15) is 25.7 Å². The van der Waals surface area contributed by atoms with Gasteiger partial charge in [-0.25, -0.2) is 0 Å². The highest BCUT2D eigenvalue weighted by Crippen LogP contribution is 2.31. The molecular formula is C13H25N3. The second-order valence-corrected chi connectivity index (χ2v) is 5.87. The molecule has 4 rings (SSSR count). The average molecular weight is 223 g/mol. The molecule has 3 heteroatoms. The fourth-order valence-electron chi connectivity index (χ4n) is 3.85. The third-order valence-electron chi connectivity index (χ3n) is 4.99. The minimum Gasteiger partial charge on any atom is -0.315 e. The van der Waals surface area contributed by atoms with Crippen molar-refractivity contribution in [1.29, 1.82) is 0 Å². The summed E-state index contributed by atoms with van der Waals surface area (Å²) >= 11 is 0. The Kier molecular flexibility index (Phi) is 3.18. The molecule has 0 radical (unpaired) electrons. The van der Waals surface area contributed by atoms with E-state index >= 15 is 0 Å². The predicted octanol–water partition coefficient (Wildman–Crippen LogP) is 0.764. The van der Waals surface area contributed by atoms with Crippen molar-refractivity contribution in [2.24, 2.45) is 5.92 Å². The van der Waals surface area contributed by atoms with Crippen LogP contribution in [0.3, 0.4) is 0 Å². The van der Waals surface area contributed by atoms with Crippen molar-refractivity contribution in [3.63, 3.8) is 0 Å². The van der Waals surface area contributed by atoms with Crippen molar-refractivity contribution in [2.45, 2.75) is 37.8 Å². The Hall–Kier alpha value is -0.120. The Labute approximate surface area is 99.2 Å². The van der Waals surface area contributed by atoms with Gasteiger partial charge in [0, 0.05) is 25.2 Å². The summed E-state index contributed by atoms with van der Waals surface area (Å²) in [6, 6.07) is 1.63. The fourth-order valence-corrected chi connectivity index (χ4v) is 3.85. The molecule has 1 N–H and O–H groups in total. The van der Waals surface area contributed by atoms with E-state index in [1.807, 2.05) is 0 Å². The van der Waals surface area contributed by atoms with Crippen molar-refractivity contribution >= 4 is 0 Å². The van der Waals surface area contributed by atoms with E-state index in [0.717, 1.165) is 18.0 Å². The van der Waals surface area contributed by atoms with Crippen molar-refractivity contribution < 1.29 is 0 Å². The van der Waals surface area contributed by atoms with E-state index < -0.39 is 0 Å². The molecule has 4 saturated heterocycles. The van der Waals surface area contributed by atoms with E-state index in [4.69, 9.17) is 0 Å². The molecule has 4 heterocycles. The zero-order valence-corrected chi connectivity index (χ0v) is 10.5. The first-order valence-corrected chi connectivity index (χ1v) is 6.99. The van der Waals surface area contributed by atoms with Crippen molar-refractivity contribution in [2.75, 3.05) is 39.8 Å². The number of nitrogens with one attached hydrogen (secondary N) is 1. The summed E-state index contributed by atoms with van der Waals surface area (Å²) in [4.78, 5) is 5.36. The summed E-state index contributed by atoms with van der Waals surface area (Å²) in [6.45, 7) is 6.48. The molecule has 4 aliphatic rings. The largest absolute Gasteiger partial charge is 0.315 e. The van der Waals surface area contributed by atoms with Gasteiger partial charge in [-0.2, -0.15) is 0 Å². The van der Waals surface area contributed by atoms with Crippen LogP contribution in [-0.2, 0) is 0 Å². The second kappa shape index (κ2) is 4.63. The molecule has 16 heavy (non-hydrogen) atoms. The number of rotatable bonds is 2. The zero-order valence-electron chi connectivity index (χ0n) is 10.5. The normalized spacial score (nSPS) is 43.9. The van der Waals surface area contributed by atoms with Crippen molar-refractivity contribution in [3.05, 3.63) is 0 Å². The molecule has 4 fully saturated rings. The summed E-state index contributed by atoms with van der Waals surface area (Å²) in [6.07, 6.45) is 5.63. The zero-order chi connectivity index (χ0) is 11.0. The molecule has 0 saturated carbocycles. The number of hydrogen-bond donors (Lipinski definition) is 1. The third kappa shape index (κ3) is 2.01. The van der Waals surface area contributed by atoms with E-state index in [9.17, 15) is 0 Å². The number of piperidine rings is 4. The van der Waals surface area contributed by atoms with E-state index in [2.05, 4.69) is 22.2 Å². The van der Waals surface area contributed by atoms with E-state index in [1.54, 1.807) is 0 Å². The number of hydrogen-bond acceptors (Lipinski definition) is 3. The van der Waals surface area contributed by atoms with Gasteiger partial charge >= 0.3 is 0 Å². The van der Waals surface area contributed by atoms with Gasteiger partial charge in [0.25, 0.3) is 0 Å². The quantitative estimate of drug-likeness (QED) is 0.746. The fraction of sp³-hybridized carbons (Fsp3) is 1.00. The summed E-state index contributed by atoms with van der Waals surface area (Å²) in [5, 5.41) is 3.54. The summed E-state index contributed by atoms with van der Waals surface area (Å²) < 4.78 is 0. The standard InChI is InChI=1S/C13H25N3/c1-15(12-3-2-6-14-9-12)13-10-16-7-4-11(13)5-8-16/h11-14H,2-10H2,1H3. The predicted molar refractivity (Wildman–Crippen MR) is 66.6 cm³/mol. The van der Waals surface area contributed by atoms with Crippen LogP contribution < -0.4 is 5.32 Å². The monoisotopic (exact) mass is 223 g/mol. The lowest BCUT2D eigenvalue weighted by molar-refractivity contribution is -0.00528. The van der Waals surface area contributed by atoms with Crippen LogP contribution in [0, 0.1) is 5.92 Å². The van der Waals surface area contributed by atoms with Crippen LogP contribution in [0.25, 0.3) is 0 Å². The van der Waals surface area contributed by atoms with E-state index in [-0.39, 0.29) is 0 Å². The lowest BCUT2D eigenvalue weighted by atomic mass is 9.82. The Balaban J connectivity index is 1.63. The first-order valence-electron chi connectivity index (χ1n) is 6.99. The Morgan fingerprint density at radius 1 is 1.19 bits per heavy atom. The lowest BCUT2D eigenvalue weighted by Crippen LogP contribution is -2.60. The highest BCUT2D eigenvalue weighted by atomic mass is 15.3. The summed E-state index contributed by atoms with van der Waals surface area (Å²) in [5.41, 5.74) is 0. The maximum absolute atomic E-state index is 3.54. The van der Waals surface area contributed by atoms with Crippen LogP contribution in [-0.4, -0.2) is 61.7 Å². The number of fused-ring (bicyclic) bond motifs is 3. The first-order chi connectivity index (χ1) is 7.84. The second-order valence-electron chi connectivity index (χ2n) is 5.87. The first kappa shape index (κ1) is 11.0. The van der Waals surface area contributed by atoms with Crippen LogP contribution in [0.15, 0.2) is 0 Å². The molecule has 0 aromatic rings. The highest BCUT2D eigenvalue weighted by molar-refractivity contribution is 4.94.